The Bertz CT molecular complexity index is 1060. The van der Waals surface area contributed by atoms with E-state index in [1.807, 2.05) is 26.1 Å². The molecule has 122 valence electrons. The molecule has 24 heavy (non-hydrogen) atoms. The summed E-state index contributed by atoms with van der Waals surface area (Å²) in [6.07, 6.45) is 1.80. The Morgan fingerprint density at radius 1 is 1.17 bits per heavy atom. The van der Waals surface area contributed by atoms with Gasteiger partial charge in [0, 0.05) is 18.6 Å². The molecule has 0 atom stereocenters. The number of aryl methyl sites for hydroxylation is 1. The third-order valence-corrected chi connectivity index (χ3v) is 5.19. The summed E-state index contributed by atoms with van der Waals surface area (Å²) >= 11 is 0. The van der Waals surface area contributed by atoms with E-state index in [9.17, 15) is 8.42 Å². The molecule has 0 saturated heterocycles. The Morgan fingerprint density at radius 3 is 2.67 bits per heavy atom. The predicted molar refractivity (Wildman–Crippen MR) is 94.5 cm³/mol. The quantitative estimate of drug-likeness (QED) is 0.679. The lowest BCUT2D eigenvalue weighted by Gasteiger charge is -2.11. The van der Waals surface area contributed by atoms with Gasteiger partial charge in [-0.3, -0.25) is 4.72 Å². The van der Waals surface area contributed by atoms with Gasteiger partial charge in [0.25, 0.3) is 10.0 Å². The van der Waals surface area contributed by atoms with E-state index in [0.717, 1.165) is 16.6 Å². The van der Waals surface area contributed by atoms with Crippen LogP contribution in [0.2, 0.25) is 0 Å². The summed E-state index contributed by atoms with van der Waals surface area (Å²) in [7, 11) is -1.98. The molecule has 0 radical (unpaired) electrons. The Balaban J connectivity index is 2.08. The van der Waals surface area contributed by atoms with Gasteiger partial charge >= 0.3 is 0 Å². The minimum atomic E-state index is -3.79. The SMILES string of the molecule is CNc1c[nH]c2c(NS(=O)(=O)c3cccc(C#N)c3)ccc(C)c12. The van der Waals surface area contributed by atoms with Gasteiger partial charge in [0.1, 0.15) is 0 Å². The van der Waals surface area contributed by atoms with Crippen LogP contribution in [0.5, 0.6) is 0 Å². The number of rotatable bonds is 4. The van der Waals surface area contributed by atoms with Crippen molar-refractivity contribution in [2.75, 3.05) is 17.1 Å². The number of aromatic amines is 1. The summed E-state index contributed by atoms with van der Waals surface area (Å²) in [4.78, 5) is 3.15. The fraction of sp³-hybridized carbons (Fsp3) is 0.118. The van der Waals surface area contributed by atoms with Crippen molar-refractivity contribution in [3.63, 3.8) is 0 Å². The highest BCUT2D eigenvalue weighted by Crippen LogP contribution is 2.32. The first-order valence-corrected chi connectivity index (χ1v) is 8.76. The summed E-state index contributed by atoms with van der Waals surface area (Å²) in [6.45, 7) is 1.96. The van der Waals surface area contributed by atoms with E-state index >= 15 is 0 Å². The maximum atomic E-state index is 12.6. The van der Waals surface area contributed by atoms with Crippen LogP contribution in [0.1, 0.15) is 11.1 Å². The standard InChI is InChI=1S/C17H16N4O2S/c1-11-6-7-14(17-16(11)15(19-2)10-20-17)21-24(22,23)13-5-3-4-12(8-13)9-18/h3-8,10,19-21H,1-2H3. The van der Waals surface area contributed by atoms with Crippen LogP contribution in [0.4, 0.5) is 11.4 Å². The maximum absolute atomic E-state index is 12.6. The van der Waals surface area contributed by atoms with Crippen molar-refractivity contribution < 1.29 is 8.42 Å². The molecule has 3 aromatic rings. The number of hydrogen-bond acceptors (Lipinski definition) is 4. The maximum Gasteiger partial charge on any atom is 0.262 e. The Labute approximate surface area is 140 Å². The molecule has 0 aliphatic heterocycles. The molecule has 1 heterocycles. The predicted octanol–water partition coefficient (Wildman–Crippen LogP) is 3.19. The van der Waals surface area contributed by atoms with E-state index in [0.29, 0.717) is 16.8 Å². The first-order valence-electron chi connectivity index (χ1n) is 7.27. The molecular formula is C17H16N4O2S. The highest BCUT2D eigenvalue weighted by atomic mass is 32.2. The number of nitriles is 1. The van der Waals surface area contributed by atoms with Crippen LogP contribution in [0.3, 0.4) is 0 Å². The number of H-pyrrole nitrogens is 1. The zero-order valence-corrected chi connectivity index (χ0v) is 14.0. The molecule has 0 fully saturated rings. The Hall–Kier alpha value is -2.98. The van der Waals surface area contributed by atoms with E-state index in [4.69, 9.17) is 5.26 Å². The van der Waals surface area contributed by atoms with Gasteiger partial charge in [0.15, 0.2) is 0 Å². The zero-order chi connectivity index (χ0) is 17.3. The third-order valence-electron chi connectivity index (χ3n) is 3.83. The number of hydrogen-bond donors (Lipinski definition) is 3. The lowest BCUT2D eigenvalue weighted by molar-refractivity contribution is 0.601. The molecular weight excluding hydrogens is 324 g/mol. The van der Waals surface area contributed by atoms with Crippen LogP contribution in [-0.2, 0) is 10.0 Å². The van der Waals surface area contributed by atoms with Crippen LogP contribution >= 0.6 is 0 Å². The molecule has 0 saturated carbocycles. The Kier molecular flexibility index (Phi) is 3.91. The number of nitrogens with one attached hydrogen (secondary N) is 3. The van der Waals surface area contributed by atoms with Crippen molar-refractivity contribution in [3.8, 4) is 6.07 Å². The molecule has 3 N–H and O–H groups in total. The molecule has 0 spiro atoms. The third kappa shape index (κ3) is 2.68. The van der Waals surface area contributed by atoms with Gasteiger partial charge in [0.05, 0.1) is 33.4 Å². The molecule has 6 nitrogen and oxygen atoms in total. The van der Waals surface area contributed by atoms with Gasteiger partial charge in [-0.1, -0.05) is 12.1 Å². The summed E-state index contributed by atoms with van der Waals surface area (Å²) in [5.41, 5.74) is 3.39. The zero-order valence-electron chi connectivity index (χ0n) is 13.2. The Morgan fingerprint density at radius 2 is 1.96 bits per heavy atom. The van der Waals surface area contributed by atoms with Gasteiger partial charge in [0.2, 0.25) is 0 Å². The number of sulfonamides is 1. The molecule has 7 heteroatoms. The van der Waals surface area contributed by atoms with E-state index in [-0.39, 0.29) is 4.90 Å². The van der Waals surface area contributed by atoms with Crippen molar-refractivity contribution in [2.45, 2.75) is 11.8 Å². The average Bonchev–Trinajstić information content (AvgIpc) is 3.02. The molecule has 2 aromatic carbocycles. The first kappa shape index (κ1) is 15.9. The van der Waals surface area contributed by atoms with Crippen molar-refractivity contribution in [1.29, 1.82) is 5.26 Å². The molecule has 0 aliphatic rings. The molecule has 1 aromatic heterocycles. The normalized spacial score (nSPS) is 11.2. The van der Waals surface area contributed by atoms with Gasteiger partial charge < -0.3 is 10.3 Å². The summed E-state index contributed by atoms with van der Waals surface area (Å²) in [6, 6.07) is 11.4. The molecule has 0 bridgehead atoms. The monoisotopic (exact) mass is 340 g/mol. The van der Waals surface area contributed by atoms with Crippen molar-refractivity contribution in [2.24, 2.45) is 0 Å². The second-order valence-electron chi connectivity index (χ2n) is 5.38. The number of anilines is 2. The fourth-order valence-electron chi connectivity index (χ4n) is 2.64. The minimum Gasteiger partial charge on any atom is -0.386 e. The lowest BCUT2D eigenvalue weighted by atomic mass is 10.1. The number of fused-ring (bicyclic) bond motifs is 1. The number of nitrogens with zero attached hydrogens (tertiary/aromatic N) is 1. The summed E-state index contributed by atoms with van der Waals surface area (Å²) in [5, 5.41) is 13.0. The minimum absolute atomic E-state index is 0.0515. The number of aromatic nitrogens is 1. The summed E-state index contributed by atoms with van der Waals surface area (Å²) < 4.78 is 27.8. The van der Waals surface area contributed by atoms with Crippen molar-refractivity contribution in [3.05, 3.63) is 53.7 Å². The fourth-order valence-corrected chi connectivity index (χ4v) is 3.76. The molecule has 0 aliphatic carbocycles. The summed E-state index contributed by atoms with van der Waals surface area (Å²) in [5.74, 6) is 0. The van der Waals surface area contributed by atoms with Crippen LogP contribution in [0.15, 0.2) is 47.5 Å². The van der Waals surface area contributed by atoms with Crippen molar-refractivity contribution >= 4 is 32.3 Å². The second-order valence-corrected chi connectivity index (χ2v) is 7.06. The van der Waals surface area contributed by atoms with Gasteiger partial charge in [-0.05, 0) is 36.8 Å². The molecule has 0 unspecified atom stereocenters. The van der Waals surface area contributed by atoms with Crippen LogP contribution in [0.25, 0.3) is 10.9 Å². The van der Waals surface area contributed by atoms with Gasteiger partial charge in [-0.25, -0.2) is 8.42 Å². The smallest absolute Gasteiger partial charge is 0.262 e. The first-order chi connectivity index (χ1) is 11.5. The number of benzene rings is 2. The van der Waals surface area contributed by atoms with Gasteiger partial charge in [-0.2, -0.15) is 5.26 Å². The van der Waals surface area contributed by atoms with Crippen LogP contribution in [-0.4, -0.2) is 20.4 Å². The van der Waals surface area contributed by atoms with Crippen molar-refractivity contribution in [1.82, 2.24) is 4.98 Å². The topological polar surface area (TPSA) is 97.8 Å². The van der Waals surface area contributed by atoms with Crippen LogP contribution < -0.4 is 10.0 Å². The van der Waals surface area contributed by atoms with Gasteiger partial charge in [-0.15, -0.1) is 0 Å². The lowest BCUT2D eigenvalue weighted by Crippen LogP contribution is -2.13. The largest absolute Gasteiger partial charge is 0.386 e. The van der Waals surface area contributed by atoms with E-state index in [1.54, 1.807) is 24.4 Å². The van der Waals surface area contributed by atoms with E-state index in [1.165, 1.54) is 12.1 Å². The van der Waals surface area contributed by atoms with E-state index < -0.39 is 10.0 Å². The average molecular weight is 340 g/mol. The van der Waals surface area contributed by atoms with Crippen LogP contribution in [0, 0.1) is 18.3 Å². The second kappa shape index (κ2) is 5.91. The molecule has 0 amide bonds. The molecule has 3 rings (SSSR count). The highest BCUT2D eigenvalue weighted by molar-refractivity contribution is 7.92. The highest BCUT2D eigenvalue weighted by Gasteiger charge is 2.18. The van der Waals surface area contributed by atoms with E-state index in [2.05, 4.69) is 15.0 Å².